The maximum atomic E-state index is 13.0. The molecule has 0 saturated carbocycles. The summed E-state index contributed by atoms with van der Waals surface area (Å²) in [5, 5.41) is 0. The Kier molecular flexibility index (Phi) is 5.10. The molecule has 1 aromatic heterocycles. The molecule has 7 heteroatoms. The SMILES string of the molecule is CS(=O)(=O)NC(=O)c1cccc(C#Cc2ccc(F)cc2)c1-n1cccc1. The predicted octanol–water partition coefficient (Wildman–Crippen LogP) is 2.71. The molecule has 0 fully saturated rings. The minimum Gasteiger partial charge on any atom is -0.322 e. The number of amides is 1. The largest absolute Gasteiger partial charge is 0.322 e. The third-order valence-electron chi connectivity index (χ3n) is 3.61. The Morgan fingerprint density at radius 2 is 1.67 bits per heavy atom. The zero-order chi connectivity index (χ0) is 19.4. The number of benzene rings is 2. The second-order valence-corrected chi connectivity index (χ2v) is 7.50. The van der Waals surface area contributed by atoms with E-state index in [0.717, 1.165) is 6.26 Å². The number of para-hydroxylation sites is 1. The fourth-order valence-electron chi connectivity index (χ4n) is 2.49. The van der Waals surface area contributed by atoms with Crippen LogP contribution in [0.25, 0.3) is 5.69 Å². The maximum Gasteiger partial charge on any atom is 0.266 e. The summed E-state index contributed by atoms with van der Waals surface area (Å²) < 4.78 is 39.6. The first-order chi connectivity index (χ1) is 12.8. The number of hydrogen-bond acceptors (Lipinski definition) is 3. The van der Waals surface area contributed by atoms with E-state index in [9.17, 15) is 17.6 Å². The van der Waals surface area contributed by atoms with Gasteiger partial charge in [0.1, 0.15) is 5.82 Å². The number of nitrogens with zero attached hydrogens (tertiary/aromatic N) is 1. The summed E-state index contributed by atoms with van der Waals surface area (Å²) >= 11 is 0. The first kappa shape index (κ1) is 18.4. The number of halogens is 1. The van der Waals surface area contributed by atoms with Gasteiger partial charge >= 0.3 is 0 Å². The summed E-state index contributed by atoms with van der Waals surface area (Å²) in [5.74, 6) is 4.80. The molecule has 1 amide bonds. The summed E-state index contributed by atoms with van der Waals surface area (Å²) in [6.07, 6.45) is 4.38. The van der Waals surface area contributed by atoms with Gasteiger partial charge in [0.2, 0.25) is 10.0 Å². The first-order valence-corrected chi connectivity index (χ1v) is 9.79. The molecule has 0 aliphatic rings. The molecule has 0 spiro atoms. The van der Waals surface area contributed by atoms with Gasteiger partial charge < -0.3 is 4.57 Å². The molecule has 2 aromatic carbocycles. The molecule has 136 valence electrons. The lowest BCUT2D eigenvalue weighted by Gasteiger charge is -2.12. The average molecular weight is 382 g/mol. The molecule has 27 heavy (non-hydrogen) atoms. The van der Waals surface area contributed by atoms with Crippen LogP contribution in [0.15, 0.2) is 67.0 Å². The van der Waals surface area contributed by atoms with Crippen molar-refractivity contribution in [2.75, 3.05) is 6.26 Å². The van der Waals surface area contributed by atoms with E-state index in [1.54, 1.807) is 53.4 Å². The minimum atomic E-state index is -3.71. The Balaban J connectivity index is 2.11. The van der Waals surface area contributed by atoms with Crippen molar-refractivity contribution in [2.45, 2.75) is 0 Å². The van der Waals surface area contributed by atoms with Crippen LogP contribution in [-0.4, -0.2) is 25.1 Å². The summed E-state index contributed by atoms with van der Waals surface area (Å²) in [4.78, 5) is 12.4. The lowest BCUT2D eigenvalue weighted by atomic mass is 10.1. The van der Waals surface area contributed by atoms with Crippen molar-refractivity contribution in [3.8, 4) is 17.5 Å². The Bertz CT molecular complexity index is 1140. The van der Waals surface area contributed by atoms with Crippen LogP contribution in [0.5, 0.6) is 0 Å². The molecule has 3 rings (SSSR count). The van der Waals surface area contributed by atoms with Gasteiger partial charge in [0.25, 0.3) is 5.91 Å². The van der Waals surface area contributed by atoms with Gasteiger partial charge in [-0.15, -0.1) is 0 Å². The molecular formula is C20H15FN2O3S. The number of sulfonamides is 1. The topological polar surface area (TPSA) is 68.2 Å². The van der Waals surface area contributed by atoms with Crippen LogP contribution in [0.2, 0.25) is 0 Å². The summed E-state index contributed by atoms with van der Waals surface area (Å²) in [5.41, 5.74) is 1.76. The lowest BCUT2D eigenvalue weighted by molar-refractivity contribution is 0.0981. The first-order valence-electron chi connectivity index (χ1n) is 7.89. The third kappa shape index (κ3) is 4.63. The second kappa shape index (κ2) is 7.48. The molecule has 0 aliphatic heterocycles. The van der Waals surface area contributed by atoms with E-state index < -0.39 is 15.9 Å². The summed E-state index contributed by atoms with van der Waals surface area (Å²) in [6.45, 7) is 0. The van der Waals surface area contributed by atoms with Crippen molar-refractivity contribution in [3.63, 3.8) is 0 Å². The molecule has 0 atom stereocenters. The van der Waals surface area contributed by atoms with Crippen molar-refractivity contribution >= 4 is 15.9 Å². The summed E-state index contributed by atoms with van der Waals surface area (Å²) in [6, 6.07) is 14.2. The molecule has 0 aliphatic carbocycles. The molecule has 0 unspecified atom stereocenters. The van der Waals surface area contributed by atoms with Crippen LogP contribution in [0.1, 0.15) is 21.5 Å². The highest BCUT2D eigenvalue weighted by atomic mass is 32.2. The molecule has 0 bridgehead atoms. The van der Waals surface area contributed by atoms with Crippen molar-refractivity contribution < 1.29 is 17.6 Å². The Morgan fingerprint density at radius 3 is 2.30 bits per heavy atom. The van der Waals surface area contributed by atoms with E-state index >= 15 is 0 Å². The highest BCUT2D eigenvalue weighted by Gasteiger charge is 2.18. The number of nitrogens with one attached hydrogen (secondary N) is 1. The molecular weight excluding hydrogens is 367 g/mol. The number of hydrogen-bond donors (Lipinski definition) is 1. The zero-order valence-corrected chi connectivity index (χ0v) is 15.1. The number of carbonyl (C=O) groups excluding carboxylic acids is 1. The second-order valence-electron chi connectivity index (χ2n) is 5.75. The fourth-order valence-corrected chi connectivity index (χ4v) is 2.93. The van der Waals surface area contributed by atoms with Crippen LogP contribution >= 0.6 is 0 Å². The van der Waals surface area contributed by atoms with Gasteiger partial charge in [0.15, 0.2) is 0 Å². The van der Waals surface area contributed by atoms with E-state index in [2.05, 4.69) is 11.8 Å². The van der Waals surface area contributed by atoms with Gasteiger partial charge in [-0.2, -0.15) is 0 Å². The average Bonchev–Trinajstić information content (AvgIpc) is 3.13. The van der Waals surface area contributed by atoms with Gasteiger partial charge in [0, 0.05) is 23.5 Å². The molecule has 3 aromatic rings. The van der Waals surface area contributed by atoms with Crippen molar-refractivity contribution in [1.82, 2.24) is 9.29 Å². The van der Waals surface area contributed by atoms with Crippen LogP contribution < -0.4 is 4.72 Å². The highest BCUT2D eigenvalue weighted by molar-refractivity contribution is 7.89. The third-order valence-corrected chi connectivity index (χ3v) is 4.16. The highest BCUT2D eigenvalue weighted by Crippen LogP contribution is 2.20. The quantitative estimate of drug-likeness (QED) is 0.709. The van der Waals surface area contributed by atoms with Crippen LogP contribution in [0.4, 0.5) is 4.39 Å². The van der Waals surface area contributed by atoms with E-state index in [1.165, 1.54) is 18.2 Å². The number of carbonyl (C=O) groups is 1. The minimum absolute atomic E-state index is 0.169. The van der Waals surface area contributed by atoms with Gasteiger partial charge in [0.05, 0.1) is 17.5 Å². The van der Waals surface area contributed by atoms with Crippen LogP contribution in [0, 0.1) is 17.7 Å². The van der Waals surface area contributed by atoms with Crippen molar-refractivity contribution in [3.05, 3.63) is 89.5 Å². The molecule has 0 radical (unpaired) electrons. The maximum absolute atomic E-state index is 13.0. The van der Waals surface area contributed by atoms with Gasteiger partial charge in [-0.25, -0.2) is 17.5 Å². The van der Waals surface area contributed by atoms with Crippen molar-refractivity contribution in [2.24, 2.45) is 0 Å². The van der Waals surface area contributed by atoms with Gasteiger partial charge in [-0.1, -0.05) is 17.9 Å². The summed E-state index contributed by atoms with van der Waals surface area (Å²) in [7, 11) is -3.71. The number of aromatic nitrogens is 1. The Labute approximate surface area is 156 Å². The molecule has 1 heterocycles. The number of rotatable bonds is 3. The smallest absolute Gasteiger partial charge is 0.266 e. The standard InChI is InChI=1S/C20H15FN2O3S/c1-27(25,26)22-20(24)18-6-4-5-16(19(18)23-13-2-3-14-23)10-7-15-8-11-17(21)12-9-15/h2-6,8-9,11-14H,1H3,(H,22,24). The van der Waals surface area contributed by atoms with Gasteiger partial charge in [-0.3, -0.25) is 4.79 Å². The monoisotopic (exact) mass is 382 g/mol. The van der Waals surface area contributed by atoms with Crippen LogP contribution in [0.3, 0.4) is 0 Å². The van der Waals surface area contributed by atoms with E-state index in [4.69, 9.17) is 0 Å². The molecule has 1 N–H and O–H groups in total. The van der Waals surface area contributed by atoms with E-state index in [1.807, 2.05) is 4.72 Å². The van der Waals surface area contributed by atoms with E-state index in [0.29, 0.717) is 16.8 Å². The van der Waals surface area contributed by atoms with Crippen molar-refractivity contribution in [1.29, 1.82) is 0 Å². The molecule has 0 saturated heterocycles. The Hall–Kier alpha value is -3.37. The Morgan fingerprint density at radius 1 is 1.00 bits per heavy atom. The zero-order valence-electron chi connectivity index (χ0n) is 14.3. The molecule has 5 nitrogen and oxygen atoms in total. The van der Waals surface area contributed by atoms with Gasteiger partial charge in [-0.05, 0) is 48.5 Å². The normalized spacial score (nSPS) is 10.7. The predicted molar refractivity (Wildman–Crippen MR) is 100 cm³/mol. The van der Waals surface area contributed by atoms with E-state index in [-0.39, 0.29) is 11.4 Å². The van der Waals surface area contributed by atoms with Crippen LogP contribution in [-0.2, 0) is 10.0 Å². The lowest BCUT2D eigenvalue weighted by Crippen LogP contribution is -2.30. The fraction of sp³-hybridized carbons (Fsp3) is 0.0500.